The van der Waals surface area contributed by atoms with Gasteiger partial charge >= 0.3 is 5.97 Å². The predicted octanol–water partition coefficient (Wildman–Crippen LogP) is 8.39. The molecule has 0 amide bonds. The van der Waals surface area contributed by atoms with E-state index in [9.17, 15) is 28.0 Å². The molecule has 0 bridgehead atoms. The topological polar surface area (TPSA) is 130 Å². The van der Waals surface area contributed by atoms with Crippen molar-refractivity contribution < 1.29 is 37.5 Å². The van der Waals surface area contributed by atoms with Gasteiger partial charge in [0.2, 0.25) is 0 Å². The van der Waals surface area contributed by atoms with Crippen LogP contribution in [-0.2, 0) is 25.4 Å². The number of ether oxygens (including phenoxy) is 2. The van der Waals surface area contributed by atoms with E-state index in [1.807, 2.05) is 46.8 Å². The van der Waals surface area contributed by atoms with Crippen LogP contribution in [0.4, 0.5) is 0 Å². The molecule has 2 aliphatic carbocycles. The Morgan fingerprint density at radius 2 is 1.64 bits per heavy atom. The molecule has 0 radical (unpaired) electrons. The molecule has 2 heterocycles. The van der Waals surface area contributed by atoms with Crippen LogP contribution in [0, 0.1) is 11.3 Å². The number of rotatable bonds is 11. The van der Waals surface area contributed by atoms with Gasteiger partial charge in [0.05, 0.1) is 21.0 Å². The number of Topliss-reactive ketones (excluding diaryl/α,β-unsaturated/α-hetero) is 1. The lowest BCUT2D eigenvalue weighted by molar-refractivity contribution is -0.132. The van der Waals surface area contributed by atoms with E-state index in [0.717, 1.165) is 24.0 Å². The molecule has 2 aliphatic heterocycles. The van der Waals surface area contributed by atoms with Gasteiger partial charge in [-0.1, -0.05) is 47.1 Å². The van der Waals surface area contributed by atoms with Crippen molar-refractivity contribution in [3.05, 3.63) is 74.9 Å². The molecule has 47 heavy (non-hydrogen) atoms. The molecule has 1 aromatic carbocycles. The van der Waals surface area contributed by atoms with Crippen LogP contribution in [0.15, 0.2) is 58.2 Å². The van der Waals surface area contributed by atoms with Crippen LogP contribution in [0.25, 0.3) is 0 Å². The molecule has 9 heteroatoms. The summed E-state index contributed by atoms with van der Waals surface area (Å²) < 4.78 is 25.9. The fourth-order valence-corrected chi connectivity index (χ4v) is 9.63. The van der Waals surface area contributed by atoms with Crippen molar-refractivity contribution >= 4 is 32.9 Å². The second-order valence-electron chi connectivity index (χ2n) is 14.5. The molecular formula is C38H47IO8. The number of fused-ring (bicyclic) bond motifs is 1. The van der Waals surface area contributed by atoms with Gasteiger partial charge in [-0.2, -0.15) is 0 Å². The zero-order valence-electron chi connectivity index (χ0n) is 28.6. The van der Waals surface area contributed by atoms with Gasteiger partial charge in [0, 0.05) is 28.2 Å². The van der Waals surface area contributed by atoms with Gasteiger partial charge < -0.3 is 24.8 Å². The third-order valence-corrected chi connectivity index (χ3v) is 12.1. The van der Waals surface area contributed by atoms with Crippen LogP contribution in [0.5, 0.6) is 17.2 Å². The molecule has 0 aromatic heterocycles. The third kappa shape index (κ3) is 5.65. The first-order valence-electron chi connectivity index (χ1n) is 16.4. The number of carbonyl (C=O) groups is 2. The average Bonchev–Trinajstić information content (AvgIpc) is 3.52. The normalized spacial score (nSPS) is 28.6. The summed E-state index contributed by atoms with van der Waals surface area (Å²) in [4.78, 5) is 26.3. The number of hydrogen-bond donors (Lipinski definition) is 3. The maximum atomic E-state index is 14.7. The molecule has 5 rings (SSSR count). The Kier molecular flexibility index (Phi) is 9.58. The fourth-order valence-electron chi connectivity index (χ4n) is 8.25. The lowest BCUT2D eigenvalue weighted by Gasteiger charge is -2.45. The van der Waals surface area contributed by atoms with Crippen LogP contribution in [0.2, 0.25) is 0 Å². The molecular weight excluding hydrogens is 711 g/mol. The number of carbonyl (C=O) groups excluding carboxylic acids is 1. The zero-order chi connectivity index (χ0) is 34.6. The Bertz CT molecular complexity index is 1680. The fraction of sp³-hybridized carbons (Fsp3) is 0.526. The summed E-state index contributed by atoms with van der Waals surface area (Å²) in [6.45, 7) is 15.5. The number of carboxylic acid groups (broad SMARTS) is 1. The van der Waals surface area contributed by atoms with Crippen LogP contribution >= 0.6 is 21.2 Å². The summed E-state index contributed by atoms with van der Waals surface area (Å²) in [5.74, 6) is -1.91. The average molecular weight is 759 g/mol. The van der Waals surface area contributed by atoms with Crippen LogP contribution < -0.4 is 4.74 Å². The van der Waals surface area contributed by atoms with Crippen molar-refractivity contribution in [1.82, 2.24) is 0 Å². The van der Waals surface area contributed by atoms with Crippen LogP contribution in [-0.4, -0.2) is 48.3 Å². The van der Waals surface area contributed by atoms with Gasteiger partial charge in [0.25, 0.3) is 0 Å². The molecule has 2 unspecified atom stereocenters. The first-order chi connectivity index (χ1) is 22.0. The van der Waals surface area contributed by atoms with Crippen molar-refractivity contribution in [3.63, 3.8) is 0 Å². The minimum absolute atomic E-state index is 0.0317. The largest absolute Gasteiger partial charge is 0.507 e. The summed E-state index contributed by atoms with van der Waals surface area (Å²) in [6, 6.07) is 0. The Hall–Kier alpha value is -3.05. The molecule has 3 N–H and O–H groups in total. The van der Waals surface area contributed by atoms with E-state index in [0.29, 0.717) is 30.4 Å². The number of phenols is 2. The summed E-state index contributed by atoms with van der Waals surface area (Å²) in [5.41, 5.74) is 2.11. The maximum Gasteiger partial charge on any atom is 0.330 e. The van der Waals surface area contributed by atoms with Gasteiger partial charge in [-0.25, -0.2) is 4.79 Å². The molecule has 8 nitrogen and oxygen atoms in total. The van der Waals surface area contributed by atoms with Crippen molar-refractivity contribution in [1.29, 1.82) is 0 Å². The van der Waals surface area contributed by atoms with Gasteiger partial charge in [0.1, 0.15) is 22.8 Å². The number of halogens is 1. The van der Waals surface area contributed by atoms with Gasteiger partial charge in [-0.05, 0) is 93.9 Å². The first kappa shape index (κ1) is 35.3. The monoisotopic (exact) mass is 758 g/mol. The first-order valence-corrected chi connectivity index (χ1v) is 18.5. The predicted molar refractivity (Wildman–Crippen MR) is 189 cm³/mol. The number of benzene rings is 1. The molecule has 1 saturated carbocycles. The van der Waals surface area contributed by atoms with Crippen LogP contribution in [0.1, 0.15) is 103 Å². The minimum Gasteiger partial charge on any atom is -0.507 e. The van der Waals surface area contributed by atoms with E-state index in [1.54, 1.807) is 12.2 Å². The number of aliphatic carboxylic acids is 1. The second kappa shape index (κ2) is 12.8. The molecule has 2 spiro atoms. The second-order valence-corrected chi connectivity index (χ2v) is 16.6. The number of ketones is 1. The lowest BCUT2D eigenvalue weighted by atomic mass is 9.72. The number of allylic oxidation sites excluding steroid dienone is 7. The smallest absolute Gasteiger partial charge is 0.330 e. The molecule has 1 saturated heterocycles. The van der Waals surface area contributed by atoms with E-state index in [2.05, 4.69) is 19.9 Å². The highest BCUT2D eigenvalue weighted by atomic mass is 127. The highest BCUT2D eigenvalue weighted by molar-refractivity contribution is 14.1. The van der Waals surface area contributed by atoms with Crippen molar-refractivity contribution in [2.45, 2.75) is 115 Å². The number of hydrogen-bond acceptors (Lipinski definition) is 7. The summed E-state index contributed by atoms with van der Waals surface area (Å²) in [7, 11) is 0. The SMILES string of the molecule is CC(C)=CCC/C(C)=C/Cc1c(O)c(CC=C(C)C)c2c(c1O)C(=O)C1=CC(I=O)CC34[C@@H]([C@@H](C/C=C(/C)C(=O)O)OC3(C)C)[C@@]14O2. The highest BCUT2D eigenvalue weighted by Gasteiger charge is 2.93. The third-order valence-electron chi connectivity index (χ3n) is 10.6. The summed E-state index contributed by atoms with van der Waals surface area (Å²) in [6.07, 6.45) is 12.2. The van der Waals surface area contributed by atoms with Crippen molar-refractivity contribution in [2.75, 3.05) is 0 Å². The van der Waals surface area contributed by atoms with Gasteiger partial charge in [0.15, 0.2) is 32.6 Å². The van der Waals surface area contributed by atoms with Crippen molar-refractivity contribution in [2.24, 2.45) is 11.3 Å². The molecule has 254 valence electrons. The van der Waals surface area contributed by atoms with Crippen LogP contribution in [0.3, 0.4) is 0 Å². The number of alkyl halides is 1. The molecule has 5 atom stereocenters. The molecule has 4 aliphatic rings. The van der Waals surface area contributed by atoms with E-state index in [1.165, 1.54) is 12.5 Å². The minimum atomic E-state index is -1.52. The number of carboxylic acids is 1. The standard InChI is InChI=1S/C38H47IO8/c1-20(2)10-9-11-22(5)13-16-25-30(40)26(15-12-21(3)4)33-29(31(25)41)32(42)27-18-24(39-45)19-37-34(38(27,37)47-33)28(46-36(37,7)8)17-14-23(6)35(43)44/h10,12-14,18,24,28,34,40-41H,9,11,15-17,19H2,1-8H3,(H,43,44)/b22-13+,23-14-/t24?,28-,34-,37?,38+/m1/s1. The van der Waals surface area contributed by atoms with Crippen molar-refractivity contribution in [3.8, 4) is 17.2 Å². The maximum absolute atomic E-state index is 14.7. The summed E-state index contributed by atoms with van der Waals surface area (Å²) >= 11 is -1.52. The Labute approximate surface area is 288 Å². The van der Waals surface area contributed by atoms with E-state index in [4.69, 9.17) is 9.47 Å². The Morgan fingerprint density at radius 3 is 2.26 bits per heavy atom. The van der Waals surface area contributed by atoms with E-state index >= 15 is 0 Å². The Balaban J connectivity index is 1.66. The lowest BCUT2D eigenvalue weighted by Crippen LogP contribution is -2.52. The quantitative estimate of drug-likeness (QED) is 0.0889. The Morgan fingerprint density at radius 1 is 0.979 bits per heavy atom. The number of phenolic OH excluding ortho intramolecular Hbond substituents is 2. The van der Waals surface area contributed by atoms with E-state index < -0.39 is 49.9 Å². The van der Waals surface area contributed by atoms with Gasteiger partial charge in [-0.3, -0.25) is 7.86 Å². The molecule has 2 fully saturated rings. The zero-order valence-corrected chi connectivity index (χ0v) is 30.8. The van der Waals surface area contributed by atoms with Gasteiger partial charge in [-0.15, -0.1) is 0 Å². The number of aromatic hydroxyl groups is 2. The molecule has 1 aromatic rings. The van der Waals surface area contributed by atoms with E-state index in [-0.39, 0.29) is 56.0 Å². The highest BCUT2D eigenvalue weighted by Crippen LogP contribution is 2.83. The summed E-state index contributed by atoms with van der Waals surface area (Å²) in [5, 5.41) is 33.0.